The van der Waals surface area contributed by atoms with E-state index < -0.39 is 11.6 Å². The van der Waals surface area contributed by atoms with Gasteiger partial charge in [-0.3, -0.25) is 19.0 Å². The maximum Gasteiger partial charge on any atom is 0.278 e. The Labute approximate surface area is 191 Å². The summed E-state index contributed by atoms with van der Waals surface area (Å²) in [4.78, 5) is 43.2. The summed E-state index contributed by atoms with van der Waals surface area (Å²) >= 11 is 0. The Morgan fingerprint density at radius 2 is 1.64 bits per heavy atom. The van der Waals surface area contributed by atoms with Crippen LogP contribution in [0.3, 0.4) is 0 Å². The molecule has 2 amide bonds. The number of nitrogens with one attached hydrogen (secondary N) is 2. The lowest BCUT2D eigenvalue weighted by Crippen LogP contribution is -2.33. The Hall–Kier alpha value is -4.26. The smallest absolute Gasteiger partial charge is 0.278 e. The van der Waals surface area contributed by atoms with Crippen LogP contribution in [0.2, 0.25) is 0 Å². The van der Waals surface area contributed by atoms with Crippen molar-refractivity contribution in [3.05, 3.63) is 88.7 Å². The molecule has 7 heteroatoms. The van der Waals surface area contributed by atoms with Crippen LogP contribution in [0.25, 0.3) is 22.3 Å². The zero-order valence-corrected chi connectivity index (χ0v) is 18.6. The summed E-state index contributed by atoms with van der Waals surface area (Å²) in [6.07, 6.45) is 0. The highest BCUT2D eigenvalue weighted by atomic mass is 16.2. The Morgan fingerprint density at radius 3 is 2.36 bits per heavy atom. The molecule has 0 fully saturated rings. The quantitative estimate of drug-likeness (QED) is 0.477. The predicted octanol–water partition coefficient (Wildman–Crippen LogP) is 4.53. The second-order valence-corrected chi connectivity index (χ2v) is 7.89. The summed E-state index contributed by atoms with van der Waals surface area (Å²) in [6, 6.07) is 20.9. The van der Waals surface area contributed by atoms with Crippen LogP contribution in [0.4, 0.5) is 11.4 Å². The molecule has 0 unspecified atom stereocenters. The van der Waals surface area contributed by atoms with Gasteiger partial charge in [-0.15, -0.1) is 0 Å². The van der Waals surface area contributed by atoms with Gasteiger partial charge in [0.2, 0.25) is 11.8 Å². The van der Waals surface area contributed by atoms with E-state index in [0.29, 0.717) is 28.0 Å². The number of benzene rings is 3. The SMILES string of the molecule is CC(=O)Nc1ccc(C)cc1-c1nc2ccccc2n([C@@H](C)C(=O)Nc2ccccc2)c1=O. The molecular weight excluding hydrogens is 416 g/mol. The van der Waals surface area contributed by atoms with E-state index in [1.807, 2.05) is 43.3 Å². The number of hydrogen-bond donors (Lipinski definition) is 2. The van der Waals surface area contributed by atoms with Crippen LogP contribution in [0.5, 0.6) is 0 Å². The molecule has 0 saturated heterocycles. The van der Waals surface area contributed by atoms with Crippen LogP contribution in [0.15, 0.2) is 77.6 Å². The average molecular weight is 441 g/mol. The molecule has 3 aromatic carbocycles. The number of fused-ring (bicyclic) bond motifs is 1. The Bertz CT molecular complexity index is 1410. The van der Waals surface area contributed by atoms with Crippen molar-refractivity contribution in [1.82, 2.24) is 9.55 Å². The minimum atomic E-state index is -0.807. The second kappa shape index (κ2) is 9.08. The van der Waals surface area contributed by atoms with Crippen molar-refractivity contribution < 1.29 is 9.59 Å². The zero-order chi connectivity index (χ0) is 23.5. The number of carbonyl (C=O) groups is 2. The summed E-state index contributed by atoms with van der Waals surface area (Å²) < 4.78 is 1.45. The van der Waals surface area contributed by atoms with Gasteiger partial charge in [0, 0.05) is 18.2 Å². The number of amides is 2. The number of hydrogen-bond acceptors (Lipinski definition) is 4. The van der Waals surface area contributed by atoms with Crippen molar-refractivity contribution in [2.24, 2.45) is 0 Å². The fraction of sp³-hybridized carbons (Fsp3) is 0.154. The summed E-state index contributed by atoms with van der Waals surface area (Å²) in [5, 5.41) is 5.63. The highest BCUT2D eigenvalue weighted by Crippen LogP contribution is 2.28. The number of aryl methyl sites for hydroxylation is 1. The lowest BCUT2D eigenvalue weighted by Gasteiger charge is -2.19. The molecule has 166 valence electrons. The third-order valence-electron chi connectivity index (χ3n) is 5.34. The van der Waals surface area contributed by atoms with Crippen molar-refractivity contribution in [2.45, 2.75) is 26.8 Å². The van der Waals surface area contributed by atoms with E-state index in [1.165, 1.54) is 11.5 Å². The fourth-order valence-electron chi connectivity index (χ4n) is 3.75. The van der Waals surface area contributed by atoms with Crippen LogP contribution in [-0.2, 0) is 9.59 Å². The number of nitrogens with zero attached hydrogens (tertiary/aromatic N) is 2. The van der Waals surface area contributed by atoms with Gasteiger partial charge >= 0.3 is 0 Å². The van der Waals surface area contributed by atoms with Crippen molar-refractivity contribution in [1.29, 1.82) is 0 Å². The Kier molecular flexibility index (Phi) is 6.04. The predicted molar refractivity (Wildman–Crippen MR) is 130 cm³/mol. The van der Waals surface area contributed by atoms with Crippen molar-refractivity contribution in [3.8, 4) is 11.3 Å². The minimum Gasteiger partial charge on any atom is -0.326 e. The molecule has 1 atom stereocenters. The minimum absolute atomic E-state index is 0.167. The van der Waals surface area contributed by atoms with Crippen LogP contribution in [0, 0.1) is 6.92 Å². The molecule has 33 heavy (non-hydrogen) atoms. The van der Waals surface area contributed by atoms with Crippen molar-refractivity contribution in [2.75, 3.05) is 10.6 Å². The first-order chi connectivity index (χ1) is 15.8. The van der Waals surface area contributed by atoms with Gasteiger partial charge in [0.05, 0.1) is 16.7 Å². The number of anilines is 2. The second-order valence-electron chi connectivity index (χ2n) is 7.89. The molecule has 0 aliphatic heterocycles. The van der Waals surface area contributed by atoms with Gasteiger partial charge in [-0.1, -0.05) is 42.0 Å². The summed E-state index contributed by atoms with van der Waals surface area (Å²) in [5.41, 5.74) is 3.42. The van der Waals surface area contributed by atoms with Gasteiger partial charge in [-0.25, -0.2) is 4.98 Å². The number of aromatic nitrogens is 2. The van der Waals surface area contributed by atoms with E-state index in [2.05, 4.69) is 15.6 Å². The monoisotopic (exact) mass is 440 g/mol. The molecule has 0 bridgehead atoms. The van der Waals surface area contributed by atoms with E-state index in [1.54, 1.807) is 43.3 Å². The summed E-state index contributed by atoms with van der Waals surface area (Å²) in [6.45, 7) is 4.99. The maximum absolute atomic E-state index is 13.7. The van der Waals surface area contributed by atoms with Gasteiger partial charge < -0.3 is 10.6 Å². The fourth-order valence-corrected chi connectivity index (χ4v) is 3.75. The van der Waals surface area contributed by atoms with E-state index in [4.69, 9.17) is 0 Å². The highest BCUT2D eigenvalue weighted by molar-refractivity contribution is 5.96. The maximum atomic E-state index is 13.7. The molecule has 2 N–H and O–H groups in total. The van der Waals surface area contributed by atoms with E-state index in [9.17, 15) is 14.4 Å². The largest absolute Gasteiger partial charge is 0.326 e. The topological polar surface area (TPSA) is 93.1 Å². The first-order valence-electron chi connectivity index (χ1n) is 10.6. The molecular formula is C26H24N4O3. The van der Waals surface area contributed by atoms with Gasteiger partial charge in [0.1, 0.15) is 11.7 Å². The van der Waals surface area contributed by atoms with Gasteiger partial charge in [0.25, 0.3) is 5.56 Å². The number of para-hydroxylation sites is 3. The lowest BCUT2D eigenvalue weighted by atomic mass is 10.1. The Morgan fingerprint density at radius 1 is 0.939 bits per heavy atom. The summed E-state index contributed by atoms with van der Waals surface area (Å²) in [5.74, 6) is -0.575. The molecule has 1 heterocycles. The molecule has 4 rings (SSSR count). The van der Waals surface area contributed by atoms with Crippen LogP contribution < -0.4 is 16.2 Å². The molecule has 0 spiro atoms. The molecule has 1 aromatic heterocycles. The van der Waals surface area contributed by atoms with Gasteiger partial charge in [-0.2, -0.15) is 0 Å². The average Bonchev–Trinajstić information content (AvgIpc) is 2.80. The normalized spacial score (nSPS) is 11.7. The molecule has 0 aliphatic rings. The van der Waals surface area contributed by atoms with Crippen LogP contribution >= 0.6 is 0 Å². The van der Waals surface area contributed by atoms with Crippen LogP contribution in [0.1, 0.15) is 25.5 Å². The lowest BCUT2D eigenvalue weighted by molar-refractivity contribution is -0.118. The van der Waals surface area contributed by atoms with Gasteiger partial charge in [0.15, 0.2) is 0 Å². The van der Waals surface area contributed by atoms with Gasteiger partial charge in [-0.05, 0) is 50.2 Å². The molecule has 0 saturated carbocycles. The van der Waals surface area contributed by atoms with E-state index >= 15 is 0 Å². The number of carbonyl (C=O) groups excluding carboxylic acids is 2. The molecule has 4 aromatic rings. The first-order valence-corrected chi connectivity index (χ1v) is 10.6. The van der Waals surface area contributed by atoms with Crippen molar-refractivity contribution in [3.63, 3.8) is 0 Å². The zero-order valence-electron chi connectivity index (χ0n) is 18.6. The highest BCUT2D eigenvalue weighted by Gasteiger charge is 2.23. The van der Waals surface area contributed by atoms with E-state index in [0.717, 1.165) is 5.56 Å². The number of rotatable bonds is 5. The van der Waals surface area contributed by atoms with Crippen LogP contribution in [-0.4, -0.2) is 21.4 Å². The molecule has 7 nitrogen and oxygen atoms in total. The standard InChI is InChI=1S/C26H24N4O3/c1-16-13-14-21(27-18(3)31)20(15-16)24-26(33)30(23-12-8-7-11-22(23)29-24)17(2)25(32)28-19-9-5-4-6-10-19/h4-15,17H,1-3H3,(H,27,31)(H,28,32)/t17-/m0/s1. The first kappa shape index (κ1) is 22.0. The molecule has 0 radical (unpaired) electrons. The third-order valence-corrected chi connectivity index (χ3v) is 5.34. The third kappa shape index (κ3) is 4.52. The Balaban J connectivity index is 1.89. The molecule has 0 aliphatic carbocycles. The van der Waals surface area contributed by atoms with E-state index in [-0.39, 0.29) is 17.5 Å². The summed E-state index contributed by atoms with van der Waals surface area (Å²) in [7, 11) is 0. The van der Waals surface area contributed by atoms with Crippen molar-refractivity contribution >= 4 is 34.2 Å².